The summed E-state index contributed by atoms with van der Waals surface area (Å²) in [4.78, 5) is 12.4. The minimum atomic E-state index is -0.320. The molecule has 0 radical (unpaired) electrons. The number of nitrogens with zero attached hydrogens (tertiary/aromatic N) is 4. The third kappa shape index (κ3) is 2.71. The lowest BCUT2D eigenvalue weighted by molar-refractivity contribution is 0.615. The molecule has 0 saturated carbocycles. The molecule has 0 unspecified atom stereocenters. The van der Waals surface area contributed by atoms with E-state index in [1.165, 1.54) is 23.0 Å². The van der Waals surface area contributed by atoms with Gasteiger partial charge < -0.3 is 0 Å². The van der Waals surface area contributed by atoms with Gasteiger partial charge in [0.05, 0.1) is 23.3 Å². The Morgan fingerprint density at radius 1 is 0.962 bits per heavy atom. The monoisotopic (exact) mass is 346 g/mol. The minimum Gasteiger partial charge on any atom is -0.287 e. The second-order valence-electron chi connectivity index (χ2n) is 5.82. The molecule has 6 heteroatoms. The van der Waals surface area contributed by atoms with Crippen LogP contribution in [-0.4, -0.2) is 19.6 Å². The largest absolute Gasteiger partial charge is 0.287 e. The van der Waals surface area contributed by atoms with E-state index in [0.717, 1.165) is 5.69 Å². The molecule has 2 aromatic carbocycles. The van der Waals surface area contributed by atoms with Crippen LogP contribution in [-0.2, 0) is 0 Å². The molecule has 0 bridgehead atoms. The average molecular weight is 346 g/mol. The summed E-state index contributed by atoms with van der Waals surface area (Å²) in [5.74, 6) is -0.320. The highest BCUT2D eigenvalue weighted by Crippen LogP contribution is 2.20. The average Bonchev–Trinajstić information content (AvgIpc) is 3.15. The quantitative estimate of drug-likeness (QED) is 0.570. The van der Waals surface area contributed by atoms with E-state index in [1.54, 1.807) is 36.0 Å². The third-order valence-corrected chi connectivity index (χ3v) is 4.18. The molecule has 0 aliphatic heterocycles. The zero-order valence-electron chi connectivity index (χ0n) is 14.0. The molecule has 0 N–H and O–H groups in total. The van der Waals surface area contributed by atoms with Crippen molar-refractivity contribution in [2.75, 3.05) is 0 Å². The zero-order valence-corrected chi connectivity index (χ0v) is 14.0. The van der Waals surface area contributed by atoms with Gasteiger partial charge in [-0.1, -0.05) is 24.3 Å². The summed E-state index contributed by atoms with van der Waals surface area (Å²) in [6.45, 7) is 1.68. The Labute approximate surface area is 149 Å². The molecule has 128 valence electrons. The van der Waals surface area contributed by atoms with Crippen LogP contribution in [0.5, 0.6) is 0 Å². The summed E-state index contributed by atoms with van der Waals surface area (Å²) in [5, 5.41) is 8.76. The number of hydrogen-bond acceptors (Lipinski definition) is 3. The lowest BCUT2D eigenvalue weighted by Crippen LogP contribution is -2.15. The van der Waals surface area contributed by atoms with E-state index in [0.29, 0.717) is 16.9 Å². The number of para-hydroxylation sites is 1. The maximum atomic E-state index is 13.9. The van der Waals surface area contributed by atoms with Crippen molar-refractivity contribution in [1.29, 1.82) is 0 Å². The van der Waals surface area contributed by atoms with Crippen LogP contribution >= 0.6 is 0 Å². The SMILES string of the molecule is Cc1c(F)cccc1-n1ccc(=O)c(-c2ccnn2-c2ccccc2)n1. The van der Waals surface area contributed by atoms with Crippen molar-refractivity contribution in [3.05, 3.63) is 94.7 Å². The molecule has 26 heavy (non-hydrogen) atoms. The molecule has 2 heterocycles. The molecule has 0 aliphatic rings. The molecule has 0 spiro atoms. The summed E-state index contributed by atoms with van der Waals surface area (Å²) in [6.07, 6.45) is 3.16. The Kier molecular flexibility index (Phi) is 3.93. The summed E-state index contributed by atoms with van der Waals surface area (Å²) >= 11 is 0. The van der Waals surface area contributed by atoms with Gasteiger partial charge in [-0.05, 0) is 37.3 Å². The summed E-state index contributed by atoms with van der Waals surface area (Å²) in [7, 11) is 0. The number of aromatic nitrogens is 4. The maximum absolute atomic E-state index is 13.9. The van der Waals surface area contributed by atoms with Crippen molar-refractivity contribution in [3.8, 4) is 22.8 Å². The Bertz CT molecular complexity index is 1130. The van der Waals surface area contributed by atoms with Crippen LogP contribution in [0.2, 0.25) is 0 Å². The first-order valence-corrected chi connectivity index (χ1v) is 8.10. The highest BCUT2D eigenvalue weighted by molar-refractivity contribution is 5.57. The summed E-state index contributed by atoms with van der Waals surface area (Å²) in [6, 6.07) is 17.4. The number of rotatable bonds is 3. The van der Waals surface area contributed by atoms with Crippen LogP contribution in [0.3, 0.4) is 0 Å². The third-order valence-electron chi connectivity index (χ3n) is 4.18. The van der Waals surface area contributed by atoms with Crippen molar-refractivity contribution in [2.24, 2.45) is 0 Å². The molecule has 0 saturated heterocycles. The Morgan fingerprint density at radius 3 is 2.58 bits per heavy atom. The number of hydrogen-bond donors (Lipinski definition) is 0. The van der Waals surface area contributed by atoms with Crippen LogP contribution < -0.4 is 5.43 Å². The van der Waals surface area contributed by atoms with Gasteiger partial charge in [-0.25, -0.2) is 13.8 Å². The van der Waals surface area contributed by atoms with Crippen molar-refractivity contribution in [1.82, 2.24) is 19.6 Å². The van der Waals surface area contributed by atoms with Crippen molar-refractivity contribution in [2.45, 2.75) is 6.92 Å². The molecular formula is C20H15FN4O. The Balaban J connectivity index is 1.89. The van der Waals surface area contributed by atoms with Crippen LogP contribution in [0, 0.1) is 12.7 Å². The first-order valence-electron chi connectivity index (χ1n) is 8.10. The normalized spacial score (nSPS) is 10.8. The molecule has 0 fully saturated rings. The van der Waals surface area contributed by atoms with E-state index in [4.69, 9.17) is 0 Å². The van der Waals surface area contributed by atoms with Gasteiger partial charge >= 0.3 is 0 Å². The first-order chi connectivity index (χ1) is 12.6. The topological polar surface area (TPSA) is 52.7 Å². The molecule has 0 aliphatic carbocycles. The van der Waals surface area contributed by atoms with Crippen LogP contribution in [0.4, 0.5) is 4.39 Å². The minimum absolute atomic E-state index is 0.229. The van der Waals surface area contributed by atoms with Gasteiger partial charge in [-0.2, -0.15) is 10.2 Å². The van der Waals surface area contributed by atoms with Gasteiger partial charge in [-0.15, -0.1) is 0 Å². The predicted octanol–water partition coefficient (Wildman–Crippen LogP) is 3.53. The molecular weight excluding hydrogens is 331 g/mol. The summed E-state index contributed by atoms with van der Waals surface area (Å²) in [5.41, 5.74) is 2.46. The first kappa shape index (κ1) is 16.0. The van der Waals surface area contributed by atoms with Gasteiger partial charge in [0, 0.05) is 17.8 Å². The van der Waals surface area contributed by atoms with Gasteiger partial charge in [0.1, 0.15) is 5.82 Å². The van der Waals surface area contributed by atoms with Crippen LogP contribution in [0.1, 0.15) is 5.56 Å². The number of benzene rings is 2. The van der Waals surface area contributed by atoms with E-state index in [1.807, 2.05) is 30.3 Å². The molecule has 0 atom stereocenters. The highest BCUT2D eigenvalue weighted by Gasteiger charge is 2.14. The standard InChI is InChI=1S/C20H15FN4O/c1-14-16(21)8-5-9-17(14)24-13-11-19(26)20(23-24)18-10-12-22-25(18)15-6-3-2-4-7-15/h2-13H,1H3. The fourth-order valence-corrected chi connectivity index (χ4v) is 2.82. The smallest absolute Gasteiger partial charge is 0.209 e. The number of halogens is 1. The van der Waals surface area contributed by atoms with E-state index in [9.17, 15) is 9.18 Å². The maximum Gasteiger partial charge on any atom is 0.209 e. The van der Waals surface area contributed by atoms with Gasteiger partial charge in [0.2, 0.25) is 5.43 Å². The van der Waals surface area contributed by atoms with E-state index >= 15 is 0 Å². The molecule has 4 rings (SSSR count). The molecule has 0 amide bonds. The molecule has 5 nitrogen and oxygen atoms in total. The van der Waals surface area contributed by atoms with E-state index in [-0.39, 0.29) is 16.9 Å². The molecule has 2 aromatic heterocycles. The fourth-order valence-electron chi connectivity index (χ4n) is 2.82. The van der Waals surface area contributed by atoms with Gasteiger partial charge in [0.15, 0.2) is 5.69 Å². The Hall–Kier alpha value is -3.54. The van der Waals surface area contributed by atoms with E-state index in [2.05, 4.69) is 10.2 Å². The zero-order chi connectivity index (χ0) is 18.1. The predicted molar refractivity (Wildman–Crippen MR) is 97.1 cm³/mol. The van der Waals surface area contributed by atoms with Crippen LogP contribution in [0.25, 0.3) is 22.8 Å². The van der Waals surface area contributed by atoms with Gasteiger partial charge in [-0.3, -0.25) is 4.79 Å². The summed E-state index contributed by atoms with van der Waals surface area (Å²) < 4.78 is 17.1. The second kappa shape index (κ2) is 6.40. The highest BCUT2D eigenvalue weighted by atomic mass is 19.1. The van der Waals surface area contributed by atoms with Crippen LogP contribution in [0.15, 0.2) is 77.9 Å². The van der Waals surface area contributed by atoms with Gasteiger partial charge in [0.25, 0.3) is 0 Å². The Morgan fingerprint density at radius 2 is 1.77 bits per heavy atom. The second-order valence-corrected chi connectivity index (χ2v) is 5.82. The lowest BCUT2D eigenvalue weighted by Gasteiger charge is -2.11. The van der Waals surface area contributed by atoms with E-state index < -0.39 is 0 Å². The van der Waals surface area contributed by atoms with Crippen molar-refractivity contribution < 1.29 is 4.39 Å². The lowest BCUT2D eigenvalue weighted by atomic mass is 10.2. The fraction of sp³-hybridized carbons (Fsp3) is 0.0500. The van der Waals surface area contributed by atoms with Crippen molar-refractivity contribution >= 4 is 0 Å². The molecule has 4 aromatic rings. The van der Waals surface area contributed by atoms with Crippen molar-refractivity contribution in [3.63, 3.8) is 0 Å².